The molecule has 0 saturated heterocycles. The van der Waals surface area contributed by atoms with Crippen LogP contribution in [0.4, 0.5) is 0 Å². The van der Waals surface area contributed by atoms with Gasteiger partial charge in [0.15, 0.2) is 0 Å². The van der Waals surface area contributed by atoms with Gasteiger partial charge in [-0.05, 0) is 37.5 Å². The first-order valence-electron chi connectivity index (χ1n) is 5.40. The van der Waals surface area contributed by atoms with Crippen molar-refractivity contribution in [1.82, 2.24) is 0 Å². The fraction of sp³-hybridized carbons (Fsp3) is 1.00. The van der Waals surface area contributed by atoms with Crippen LogP contribution < -0.4 is 0 Å². The summed E-state index contributed by atoms with van der Waals surface area (Å²) in [4.78, 5) is 0. The standard InChI is InChI=1S/C11H24O2/c1-3-6-11(2,7-4-9-12)8-5-10-13/h12-13H,3-10H2,1-2H3. The Kier molecular flexibility index (Phi) is 7.29. The van der Waals surface area contributed by atoms with Crippen molar-refractivity contribution in [2.45, 2.75) is 52.4 Å². The van der Waals surface area contributed by atoms with Gasteiger partial charge in [0.2, 0.25) is 0 Å². The van der Waals surface area contributed by atoms with Crippen LogP contribution in [0.25, 0.3) is 0 Å². The zero-order chi connectivity index (χ0) is 10.2. The summed E-state index contributed by atoms with van der Waals surface area (Å²) >= 11 is 0. The lowest BCUT2D eigenvalue weighted by Gasteiger charge is -2.29. The molecule has 0 aliphatic heterocycles. The van der Waals surface area contributed by atoms with Crippen LogP contribution in [0.1, 0.15) is 52.4 Å². The predicted molar refractivity (Wildman–Crippen MR) is 55.7 cm³/mol. The monoisotopic (exact) mass is 188 g/mol. The molecule has 0 rings (SSSR count). The lowest BCUT2D eigenvalue weighted by atomic mass is 9.77. The number of hydrogen-bond acceptors (Lipinski definition) is 2. The normalized spacial score (nSPS) is 12.0. The number of aliphatic hydroxyl groups is 2. The van der Waals surface area contributed by atoms with E-state index in [4.69, 9.17) is 10.2 Å². The summed E-state index contributed by atoms with van der Waals surface area (Å²) in [7, 11) is 0. The Morgan fingerprint density at radius 2 is 1.38 bits per heavy atom. The summed E-state index contributed by atoms with van der Waals surface area (Å²) in [6, 6.07) is 0. The van der Waals surface area contributed by atoms with Gasteiger partial charge in [0.25, 0.3) is 0 Å². The van der Waals surface area contributed by atoms with Gasteiger partial charge in [0, 0.05) is 13.2 Å². The SMILES string of the molecule is CCCC(C)(CCCO)CCCO. The van der Waals surface area contributed by atoms with Crippen molar-refractivity contribution in [2.75, 3.05) is 13.2 Å². The minimum Gasteiger partial charge on any atom is -0.396 e. The van der Waals surface area contributed by atoms with E-state index >= 15 is 0 Å². The highest BCUT2D eigenvalue weighted by Crippen LogP contribution is 2.33. The maximum Gasteiger partial charge on any atom is 0.0431 e. The van der Waals surface area contributed by atoms with Crippen molar-refractivity contribution in [3.63, 3.8) is 0 Å². The van der Waals surface area contributed by atoms with E-state index in [1.165, 1.54) is 12.8 Å². The van der Waals surface area contributed by atoms with E-state index in [-0.39, 0.29) is 0 Å². The molecule has 2 N–H and O–H groups in total. The zero-order valence-electron chi connectivity index (χ0n) is 9.05. The van der Waals surface area contributed by atoms with Crippen molar-refractivity contribution in [3.8, 4) is 0 Å². The van der Waals surface area contributed by atoms with Gasteiger partial charge in [-0.15, -0.1) is 0 Å². The minimum atomic E-state index is 0.290. The number of rotatable bonds is 8. The Morgan fingerprint density at radius 1 is 0.923 bits per heavy atom. The van der Waals surface area contributed by atoms with Crippen LogP contribution in [0.5, 0.6) is 0 Å². The first kappa shape index (κ1) is 12.9. The van der Waals surface area contributed by atoms with Crippen molar-refractivity contribution in [1.29, 1.82) is 0 Å². The predicted octanol–water partition coefficient (Wildman–Crippen LogP) is 2.34. The summed E-state index contributed by atoms with van der Waals surface area (Å²) in [5.41, 5.74) is 0.334. The maximum absolute atomic E-state index is 8.77. The quantitative estimate of drug-likeness (QED) is 0.614. The van der Waals surface area contributed by atoms with E-state index < -0.39 is 0 Å². The Bertz CT molecular complexity index is 105. The first-order valence-corrected chi connectivity index (χ1v) is 5.40. The average molecular weight is 188 g/mol. The molecule has 2 heteroatoms. The number of aliphatic hydroxyl groups excluding tert-OH is 2. The van der Waals surface area contributed by atoms with E-state index in [1.54, 1.807) is 0 Å². The molecule has 0 heterocycles. The zero-order valence-corrected chi connectivity index (χ0v) is 9.05. The van der Waals surface area contributed by atoms with Crippen molar-refractivity contribution in [2.24, 2.45) is 5.41 Å². The topological polar surface area (TPSA) is 40.5 Å². The second kappa shape index (κ2) is 7.34. The molecule has 13 heavy (non-hydrogen) atoms. The summed E-state index contributed by atoms with van der Waals surface area (Å²) in [6.07, 6.45) is 6.33. The molecule has 0 aromatic rings. The highest BCUT2D eigenvalue weighted by atomic mass is 16.3. The van der Waals surface area contributed by atoms with Gasteiger partial charge >= 0.3 is 0 Å². The molecule has 0 aromatic heterocycles. The molecule has 0 unspecified atom stereocenters. The van der Waals surface area contributed by atoms with Crippen LogP contribution in [0, 0.1) is 5.41 Å². The van der Waals surface area contributed by atoms with Gasteiger partial charge in [-0.3, -0.25) is 0 Å². The summed E-state index contributed by atoms with van der Waals surface area (Å²) < 4.78 is 0. The van der Waals surface area contributed by atoms with Crippen LogP contribution in [0.2, 0.25) is 0 Å². The Balaban J connectivity index is 3.84. The van der Waals surface area contributed by atoms with Crippen molar-refractivity contribution in [3.05, 3.63) is 0 Å². The lowest BCUT2D eigenvalue weighted by Crippen LogP contribution is -2.17. The third-order valence-electron chi connectivity index (χ3n) is 2.73. The molecule has 0 aliphatic rings. The van der Waals surface area contributed by atoms with E-state index in [9.17, 15) is 0 Å². The van der Waals surface area contributed by atoms with Gasteiger partial charge in [-0.1, -0.05) is 20.3 Å². The molecule has 0 aromatic carbocycles. The molecule has 0 amide bonds. The first-order chi connectivity index (χ1) is 6.18. The van der Waals surface area contributed by atoms with Crippen molar-refractivity contribution >= 4 is 0 Å². The van der Waals surface area contributed by atoms with Gasteiger partial charge in [-0.2, -0.15) is 0 Å². The molecule has 0 aliphatic carbocycles. The molecule has 2 nitrogen and oxygen atoms in total. The van der Waals surface area contributed by atoms with Crippen LogP contribution in [-0.4, -0.2) is 23.4 Å². The molecule has 0 atom stereocenters. The Morgan fingerprint density at radius 3 is 1.69 bits per heavy atom. The van der Waals surface area contributed by atoms with Crippen molar-refractivity contribution < 1.29 is 10.2 Å². The Labute approximate surface area is 82.0 Å². The van der Waals surface area contributed by atoms with E-state index in [1.807, 2.05) is 0 Å². The highest BCUT2D eigenvalue weighted by molar-refractivity contribution is 4.73. The number of hydrogen-bond donors (Lipinski definition) is 2. The average Bonchev–Trinajstić information content (AvgIpc) is 2.12. The summed E-state index contributed by atoms with van der Waals surface area (Å²) in [6.45, 7) is 5.04. The third-order valence-corrected chi connectivity index (χ3v) is 2.73. The maximum atomic E-state index is 8.77. The van der Waals surface area contributed by atoms with Crippen LogP contribution >= 0.6 is 0 Å². The molecule has 0 spiro atoms. The van der Waals surface area contributed by atoms with Crippen LogP contribution in [-0.2, 0) is 0 Å². The van der Waals surface area contributed by atoms with Gasteiger partial charge in [0.1, 0.15) is 0 Å². The molecule has 0 fully saturated rings. The fourth-order valence-electron chi connectivity index (χ4n) is 1.99. The third kappa shape index (κ3) is 6.05. The highest BCUT2D eigenvalue weighted by Gasteiger charge is 2.21. The molecular formula is C11H24O2. The molecule has 0 radical (unpaired) electrons. The second-order valence-electron chi connectivity index (χ2n) is 4.21. The molecular weight excluding hydrogens is 164 g/mol. The van der Waals surface area contributed by atoms with Gasteiger partial charge < -0.3 is 10.2 Å². The van der Waals surface area contributed by atoms with Gasteiger partial charge in [0.05, 0.1) is 0 Å². The van der Waals surface area contributed by atoms with Gasteiger partial charge in [-0.25, -0.2) is 0 Å². The van der Waals surface area contributed by atoms with E-state index in [0.717, 1.165) is 25.7 Å². The van der Waals surface area contributed by atoms with Crippen LogP contribution in [0.15, 0.2) is 0 Å². The van der Waals surface area contributed by atoms with E-state index in [0.29, 0.717) is 18.6 Å². The smallest absolute Gasteiger partial charge is 0.0431 e. The second-order valence-corrected chi connectivity index (χ2v) is 4.21. The fourth-order valence-corrected chi connectivity index (χ4v) is 1.99. The molecule has 80 valence electrons. The van der Waals surface area contributed by atoms with E-state index in [2.05, 4.69) is 13.8 Å². The summed E-state index contributed by atoms with van der Waals surface area (Å²) in [5.74, 6) is 0. The Hall–Kier alpha value is -0.0800. The minimum absolute atomic E-state index is 0.290. The lowest BCUT2D eigenvalue weighted by molar-refractivity contribution is 0.180. The molecule has 0 saturated carbocycles. The summed E-state index contributed by atoms with van der Waals surface area (Å²) in [5, 5.41) is 17.5. The van der Waals surface area contributed by atoms with Crippen LogP contribution in [0.3, 0.4) is 0 Å². The molecule has 0 bridgehead atoms. The largest absolute Gasteiger partial charge is 0.396 e.